The van der Waals surface area contributed by atoms with E-state index < -0.39 is 16.1 Å². The van der Waals surface area contributed by atoms with E-state index >= 15 is 0 Å². The van der Waals surface area contributed by atoms with Gasteiger partial charge in [0.15, 0.2) is 6.10 Å². The number of benzene rings is 2. The first-order valence-corrected chi connectivity index (χ1v) is 13.3. The number of hydrogen-bond acceptors (Lipinski definition) is 4. The topological polar surface area (TPSA) is 75.7 Å². The Hall–Kier alpha value is -2.38. The standard InChI is InChI=1S/C26H34N2O4S/c1-18-14-19(2)17-28(16-18)33(30,31)22-11-12-24-23(15-22)20(3)25(32-24)26(29)27-13-7-10-21-8-5-4-6-9-21/h4-6,8-9,11-12,15,18-20,25H,7,10,13-14,16-17H2,1-3H3,(H,27,29). The van der Waals surface area contributed by atoms with Gasteiger partial charge in [0.25, 0.3) is 5.91 Å². The molecule has 0 aromatic heterocycles. The van der Waals surface area contributed by atoms with Crippen molar-refractivity contribution in [3.05, 3.63) is 59.7 Å². The van der Waals surface area contributed by atoms with Crippen LogP contribution < -0.4 is 10.1 Å². The van der Waals surface area contributed by atoms with E-state index in [1.165, 1.54) is 5.56 Å². The summed E-state index contributed by atoms with van der Waals surface area (Å²) in [5, 5.41) is 2.98. The van der Waals surface area contributed by atoms with Crippen molar-refractivity contribution in [1.29, 1.82) is 0 Å². The molecule has 0 bridgehead atoms. The highest BCUT2D eigenvalue weighted by molar-refractivity contribution is 7.89. The Bertz CT molecular complexity index is 1080. The highest BCUT2D eigenvalue weighted by Crippen LogP contribution is 2.40. The smallest absolute Gasteiger partial charge is 0.261 e. The molecule has 2 aliphatic heterocycles. The number of hydrogen-bond donors (Lipinski definition) is 1. The van der Waals surface area contributed by atoms with Gasteiger partial charge >= 0.3 is 0 Å². The third kappa shape index (κ3) is 5.25. The molecule has 1 fully saturated rings. The number of fused-ring (bicyclic) bond motifs is 1. The summed E-state index contributed by atoms with van der Waals surface area (Å²) < 4.78 is 34.1. The molecule has 1 amide bonds. The summed E-state index contributed by atoms with van der Waals surface area (Å²) >= 11 is 0. The first-order valence-electron chi connectivity index (χ1n) is 11.9. The number of rotatable bonds is 7. The van der Waals surface area contributed by atoms with E-state index in [2.05, 4.69) is 31.3 Å². The lowest BCUT2D eigenvalue weighted by Crippen LogP contribution is -2.42. The predicted octanol–water partition coefficient (Wildman–Crippen LogP) is 3.97. The second kappa shape index (κ2) is 9.85. The maximum Gasteiger partial charge on any atom is 0.261 e. The lowest BCUT2D eigenvalue weighted by Gasteiger charge is -2.34. The molecule has 2 aromatic rings. The van der Waals surface area contributed by atoms with Crippen LogP contribution in [0.15, 0.2) is 53.4 Å². The average Bonchev–Trinajstić information content (AvgIpc) is 3.12. The Kier molecular flexibility index (Phi) is 7.10. The van der Waals surface area contributed by atoms with Gasteiger partial charge in [0, 0.05) is 31.1 Å². The van der Waals surface area contributed by atoms with E-state index in [0.717, 1.165) is 24.8 Å². The minimum Gasteiger partial charge on any atom is -0.480 e. The Balaban J connectivity index is 1.39. The molecule has 0 saturated carbocycles. The van der Waals surface area contributed by atoms with E-state index in [0.29, 0.717) is 37.2 Å². The van der Waals surface area contributed by atoms with Gasteiger partial charge in [-0.15, -0.1) is 0 Å². The molecule has 178 valence electrons. The molecular formula is C26H34N2O4S. The number of amides is 1. The molecule has 6 nitrogen and oxygen atoms in total. The molecule has 2 aliphatic rings. The molecule has 0 aliphatic carbocycles. The quantitative estimate of drug-likeness (QED) is 0.622. The molecular weight excluding hydrogens is 436 g/mol. The summed E-state index contributed by atoms with van der Waals surface area (Å²) in [5.74, 6) is 0.898. The molecule has 7 heteroatoms. The fraction of sp³-hybridized carbons (Fsp3) is 0.500. The molecule has 1 saturated heterocycles. The Morgan fingerprint density at radius 3 is 2.45 bits per heavy atom. The largest absolute Gasteiger partial charge is 0.480 e. The summed E-state index contributed by atoms with van der Waals surface area (Å²) in [5.41, 5.74) is 2.02. The van der Waals surface area contributed by atoms with E-state index in [4.69, 9.17) is 4.74 Å². The third-order valence-electron chi connectivity index (χ3n) is 6.70. The van der Waals surface area contributed by atoms with Crippen molar-refractivity contribution in [3.8, 4) is 5.75 Å². The van der Waals surface area contributed by atoms with Gasteiger partial charge in [-0.05, 0) is 54.9 Å². The maximum absolute atomic E-state index is 13.3. The number of aryl methyl sites for hydroxylation is 1. The number of ether oxygens (including phenoxy) is 1. The van der Waals surface area contributed by atoms with Crippen LogP contribution in [-0.4, -0.2) is 44.4 Å². The van der Waals surface area contributed by atoms with Crippen LogP contribution in [0, 0.1) is 11.8 Å². The number of carbonyl (C=O) groups is 1. The Morgan fingerprint density at radius 2 is 1.76 bits per heavy atom. The molecule has 0 radical (unpaired) electrons. The van der Waals surface area contributed by atoms with Gasteiger partial charge in [-0.3, -0.25) is 4.79 Å². The fourth-order valence-corrected chi connectivity index (χ4v) is 6.75. The zero-order valence-corrected chi connectivity index (χ0v) is 20.5. The van der Waals surface area contributed by atoms with E-state index in [9.17, 15) is 13.2 Å². The van der Waals surface area contributed by atoms with Crippen LogP contribution in [0.5, 0.6) is 5.75 Å². The maximum atomic E-state index is 13.3. The summed E-state index contributed by atoms with van der Waals surface area (Å²) in [6.07, 6.45) is 2.14. The van der Waals surface area contributed by atoms with Crippen LogP contribution in [0.25, 0.3) is 0 Å². The first-order chi connectivity index (χ1) is 15.8. The van der Waals surface area contributed by atoms with Crippen molar-refractivity contribution >= 4 is 15.9 Å². The van der Waals surface area contributed by atoms with Gasteiger partial charge in [0.2, 0.25) is 10.0 Å². The Labute approximate surface area is 197 Å². The van der Waals surface area contributed by atoms with Gasteiger partial charge in [-0.1, -0.05) is 51.1 Å². The molecule has 4 atom stereocenters. The molecule has 4 rings (SSSR count). The van der Waals surface area contributed by atoms with Gasteiger partial charge in [0.1, 0.15) is 5.75 Å². The van der Waals surface area contributed by atoms with Crippen molar-refractivity contribution in [2.75, 3.05) is 19.6 Å². The van der Waals surface area contributed by atoms with Gasteiger partial charge in [-0.25, -0.2) is 8.42 Å². The first kappa shape index (κ1) is 23.8. The molecule has 0 spiro atoms. The van der Waals surface area contributed by atoms with E-state index in [1.54, 1.807) is 22.5 Å². The molecule has 1 N–H and O–H groups in total. The number of carbonyl (C=O) groups excluding carboxylic acids is 1. The van der Waals surface area contributed by atoms with E-state index in [1.807, 2.05) is 25.1 Å². The summed E-state index contributed by atoms with van der Waals surface area (Å²) in [6.45, 7) is 7.77. The molecule has 33 heavy (non-hydrogen) atoms. The van der Waals surface area contributed by atoms with Crippen LogP contribution in [0.2, 0.25) is 0 Å². The number of nitrogens with one attached hydrogen (secondary N) is 1. The average molecular weight is 471 g/mol. The zero-order valence-electron chi connectivity index (χ0n) is 19.7. The van der Waals surface area contributed by atoms with Crippen LogP contribution >= 0.6 is 0 Å². The second-order valence-corrected chi connectivity index (χ2v) is 11.6. The highest BCUT2D eigenvalue weighted by atomic mass is 32.2. The van der Waals surface area contributed by atoms with Crippen molar-refractivity contribution < 1.29 is 17.9 Å². The normalized spacial score (nSPS) is 25.3. The van der Waals surface area contributed by atoms with Crippen molar-refractivity contribution in [2.24, 2.45) is 11.8 Å². The number of nitrogens with zero attached hydrogens (tertiary/aromatic N) is 1. The molecule has 2 aromatic carbocycles. The second-order valence-electron chi connectivity index (χ2n) is 9.68. The van der Waals surface area contributed by atoms with Crippen molar-refractivity contribution in [3.63, 3.8) is 0 Å². The summed E-state index contributed by atoms with van der Waals surface area (Å²) in [7, 11) is -3.58. The SMILES string of the molecule is CC1CC(C)CN(S(=O)(=O)c2ccc3c(c2)C(C)C(C(=O)NCCCc2ccccc2)O3)C1. The van der Waals surface area contributed by atoms with Crippen molar-refractivity contribution in [2.45, 2.75) is 57.0 Å². The highest BCUT2D eigenvalue weighted by Gasteiger charge is 2.38. The molecule has 4 unspecified atom stereocenters. The summed E-state index contributed by atoms with van der Waals surface area (Å²) in [4.78, 5) is 13.1. The molecule has 2 heterocycles. The minimum atomic E-state index is -3.58. The van der Waals surface area contributed by atoms with Gasteiger partial charge in [-0.2, -0.15) is 4.31 Å². The lowest BCUT2D eigenvalue weighted by atomic mass is 9.94. The fourth-order valence-electron chi connectivity index (χ4n) is 5.03. The van der Waals surface area contributed by atoms with E-state index in [-0.39, 0.29) is 16.7 Å². The van der Waals surface area contributed by atoms with Crippen molar-refractivity contribution in [1.82, 2.24) is 9.62 Å². The van der Waals surface area contributed by atoms with Crippen LogP contribution in [0.4, 0.5) is 0 Å². The Morgan fingerprint density at radius 1 is 1.06 bits per heavy atom. The van der Waals surface area contributed by atoms with Crippen LogP contribution in [0.3, 0.4) is 0 Å². The van der Waals surface area contributed by atoms with Gasteiger partial charge < -0.3 is 10.1 Å². The number of piperidine rings is 1. The summed E-state index contributed by atoms with van der Waals surface area (Å²) in [6, 6.07) is 15.2. The predicted molar refractivity (Wildman–Crippen MR) is 129 cm³/mol. The monoisotopic (exact) mass is 470 g/mol. The third-order valence-corrected chi connectivity index (χ3v) is 8.52. The van der Waals surface area contributed by atoms with Crippen LogP contribution in [0.1, 0.15) is 50.7 Å². The number of sulfonamides is 1. The minimum absolute atomic E-state index is 0.158. The lowest BCUT2D eigenvalue weighted by molar-refractivity contribution is -0.127. The van der Waals surface area contributed by atoms with Gasteiger partial charge in [0.05, 0.1) is 4.90 Å². The zero-order chi connectivity index (χ0) is 23.6. The van der Waals surface area contributed by atoms with Crippen LogP contribution in [-0.2, 0) is 21.2 Å².